The van der Waals surface area contributed by atoms with E-state index in [1.165, 1.54) is 46.4 Å². The van der Waals surface area contributed by atoms with Crippen LogP contribution in [0.15, 0.2) is 65.6 Å². The molecule has 0 bridgehead atoms. The zero-order valence-corrected chi connectivity index (χ0v) is 16.4. The van der Waals surface area contributed by atoms with Crippen LogP contribution in [0.3, 0.4) is 0 Å². The predicted molar refractivity (Wildman–Crippen MR) is 112 cm³/mol. The first-order valence-corrected chi connectivity index (χ1v) is 11.3. The van der Waals surface area contributed by atoms with E-state index in [1.54, 1.807) is 0 Å². The summed E-state index contributed by atoms with van der Waals surface area (Å²) in [5, 5.41) is 5.73. The summed E-state index contributed by atoms with van der Waals surface area (Å²) in [5.41, 5.74) is 3.49. The van der Waals surface area contributed by atoms with Crippen molar-refractivity contribution in [3.05, 3.63) is 66.2 Å². The molecule has 3 aromatic carbocycles. The predicted octanol–water partition coefficient (Wildman–Crippen LogP) is 4.60. The summed E-state index contributed by atoms with van der Waals surface area (Å²) in [7, 11) is -3.29. The number of thiazole rings is 1. The van der Waals surface area contributed by atoms with Crippen molar-refractivity contribution in [1.29, 1.82) is 0 Å². The first kappa shape index (κ1) is 17.1. The van der Waals surface area contributed by atoms with Gasteiger partial charge in [0.2, 0.25) is 0 Å². The fraction of sp³-hybridized carbons (Fsp3) is 0.0476. The van der Waals surface area contributed by atoms with Crippen LogP contribution in [0.4, 0.5) is 5.13 Å². The molecule has 1 heterocycles. The Bertz CT molecular complexity index is 1310. The molecule has 0 spiro atoms. The van der Waals surface area contributed by atoms with Crippen LogP contribution in [0.5, 0.6) is 0 Å². The van der Waals surface area contributed by atoms with Crippen LogP contribution in [0.25, 0.3) is 32.5 Å². The van der Waals surface area contributed by atoms with Crippen LogP contribution in [-0.4, -0.2) is 25.6 Å². The molecule has 7 heteroatoms. The lowest BCUT2D eigenvalue weighted by Crippen LogP contribution is -2.12. The van der Waals surface area contributed by atoms with E-state index >= 15 is 0 Å². The monoisotopic (exact) mass is 406 g/mol. The molecule has 0 radical (unpaired) electrons. The molecule has 1 amide bonds. The number of hydrogen-bond acceptors (Lipinski definition) is 5. The molecule has 1 aliphatic rings. The van der Waals surface area contributed by atoms with Gasteiger partial charge in [0, 0.05) is 22.9 Å². The maximum absolute atomic E-state index is 12.5. The number of sulfone groups is 1. The molecule has 0 atom stereocenters. The second-order valence-electron chi connectivity index (χ2n) is 6.66. The summed E-state index contributed by atoms with van der Waals surface area (Å²) in [4.78, 5) is 18.4. The van der Waals surface area contributed by atoms with E-state index < -0.39 is 9.84 Å². The number of anilines is 1. The molecular formula is C21H14N2O3S2. The Hall–Kier alpha value is -3.03. The number of carbonyl (C=O) groups excluding carboxylic acids is 1. The maximum atomic E-state index is 12.5. The fourth-order valence-electron chi connectivity index (χ4n) is 3.49. The van der Waals surface area contributed by atoms with E-state index in [1.807, 2.05) is 18.2 Å². The maximum Gasteiger partial charge on any atom is 0.257 e. The first-order chi connectivity index (χ1) is 13.4. The van der Waals surface area contributed by atoms with Crippen LogP contribution in [-0.2, 0) is 9.84 Å². The van der Waals surface area contributed by atoms with E-state index in [4.69, 9.17) is 0 Å². The topological polar surface area (TPSA) is 76.1 Å². The highest BCUT2D eigenvalue weighted by Gasteiger charge is 2.26. The van der Waals surface area contributed by atoms with Crippen molar-refractivity contribution in [2.45, 2.75) is 4.90 Å². The summed E-state index contributed by atoms with van der Waals surface area (Å²) in [5.74, 6) is -0.320. The standard InChI is InChI=1S/C21H14N2O3S2/c1-28(25,26)14-10-8-13(9-11-14)20(24)23-21-22-18-15-6-2-4-12-5-3-7-16(17(12)15)19(18)27-21/h2-11H,1H3,(H,22,23,24). The number of nitrogens with zero attached hydrogens (tertiary/aromatic N) is 1. The Morgan fingerprint density at radius 2 is 1.64 bits per heavy atom. The Balaban J connectivity index is 1.46. The number of nitrogens with one attached hydrogen (secondary N) is 1. The fourth-order valence-corrected chi connectivity index (χ4v) is 5.13. The van der Waals surface area contributed by atoms with Gasteiger partial charge < -0.3 is 0 Å². The van der Waals surface area contributed by atoms with Crippen molar-refractivity contribution in [1.82, 2.24) is 4.98 Å². The highest BCUT2D eigenvalue weighted by Crippen LogP contribution is 2.50. The Morgan fingerprint density at radius 3 is 2.32 bits per heavy atom. The number of fused-ring (bicyclic) bond motifs is 3. The molecule has 0 saturated carbocycles. The summed E-state index contributed by atoms with van der Waals surface area (Å²) < 4.78 is 23.1. The summed E-state index contributed by atoms with van der Waals surface area (Å²) in [6.45, 7) is 0. The second-order valence-corrected chi connectivity index (χ2v) is 9.67. The van der Waals surface area contributed by atoms with E-state index in [0.29, 0.717) is 10.7 Å². The normalized spacial score (nSPS) is 12.2. The average Bonchev–Trinajstić information content (AvgIpc) is 3.21. The molecule has 5 rings (SSSR count). The van der Waals surface area contributed by atoms with Gasteiger partial charge in [-0.05, 0) is 35.0 Å². The minimum absolute atomic E-state index is 0.182. The number of amides is 1. The van der Waals surface area contributed by atoms with E-state index in [2.05, 4.69) is 28.5 Å². The molecule has 28 heavy (non-hydrogen) atoms. The van der Waals surface area contributed by atoms with Crippen molar-refractivity contribution in [3.8, 4) is 21.7 Å². The third-order valence-corrected chi connectivity index (χ3v) is 6.93. The third kappa shape index (κ3) is 2.63. The van der Waals surface area contributed by atoms with Gasteiger partial charge in [-0.1, -0.05) is 47.7 Å². The van der Waals surface area contributed by atoms with Crippen LogP contribution < -0.4 is 5.32 Å². The molecular weight excluding hydrogens is 392 g/mol. The molecule has 1 aliphatic carbocycles. The van der Waals surface area contributed by atoms with Crippen LogP contribution in [0, 0.1) is 0 Å². The van der Waals surface area contributed by atoms with Crippen molar-refractivity contribution < 1.29 is 13.2 Å². The smallest absolute Gasteiger partial charge is 0.257 e. The largest absolute Gasteiger partial charge is 0.298 e. The Labute approximate surface area is 165 Å². The molecule has 4 aromatic rings. The van der Waals surface area contributed by atoms with Gasteiger partial charge in [0.1, 0.15) is 0 Å². The SMILES string of the molecule is CS(=O)(=O)c1ccc(C(=O)Nc2nc3c(s2)-c2cccc4cccc-3c24)cc1. The van der Waals surface area contributed by atoms with Gasteiger partial charge in [0.25, 0.3) is 5.91 Å². The summed E-state index contributed by atoms with van der Waals surface area (Å²) >= 11 is 1.44. The van der Waals surface area contributed by atoms with Crippen molar-refractivity contribution in [2.75, 3.05) is 11.6 Å². The summed E-state index contributed by atoms with van der Waals surface area (Å²) in [6, 6.07) is 18.2. The number of carbonyl (C=O) groups is 1. The Kier molecular flexibility index (Phi) is 3.65. The minimum Gasteiger partial charge on any atom is -0.298 e. The molecule has 0 fully saturated rings. The van der Waals surface area contributed by atoms with E-state index in [-0.39, 0.29) is 10.8 Å². The lowest BCUT2D eigenvalue weighted by Gasteiger charge is -2.04. The van der Waals surface area contributed by atoms with Gasteiger partial charge >= 0.3 is 0 Å². The van der Waals surface area contributed by atoms with E-state index in [9.17, 15) is 13.2 Å². The molecule has 0 saturated heterocycles. The van der Waals surface area contributed by atoms with Gasteiger partial charge in [0.15, 0.2) is 15.0 Å². The van der Waals surface area contributed by atoms with Gasteiger partial charge in [0.05, 0.1) is 15.5 Å². The lowest BCUT2D eigenvalue weighted by atomic mass is 10.0. The number of aromatic nitrogens is 1. The second kappa shape index (κ2) is 5.98. The lowest BCUT2D eigenvalue weighted by molar-refractivity contribution is 0.102. The van der Waals surface area contributed by atoms with Gasteiger partial charge in [-0.3, -0.25) is 10.1 Å². The average molecular weight is 406 g/mol. The minimum atomic E-state index is -3.29. The van der Waals surface area contributed by atoms with Gasteiger partial charge in [-0.15, -0.1) is 0 Å². The molecule has 0 aliphatic heterocycles. The molecule has 1 N–H and O–H groups in total. The number of benzene rings is 3. The third-order valence-electron chi connectivity index (χ3n) is 4.80. The summed E-state index contributed by atoms with van der Waals surface area (Å²) in [6.07, 6.45) is 1.14. The Morgan fingerprint density at radius 1 is 0.964 bits per heavy atom. The first-order valence-electron chi connectivity index (χ1n) is 8.56. The highest BCUT2D eigenvalue weighted by molar-refractivity contribution is 7.90. The highest BCUT2D eigenvalue weighted by atomic mass is 32.2. The zero-order chi connectivity index (χ0) is 19.5. The molecule has 5 nitrogen and oxygen atoms in total. The van der Waals surface area contributed by atoms with Crippen molar-refractivity contribution in [2.24, 2.45) is 0 Å². The van der Waals surface area contributed by atoms with Gasteiger partial charge in [-0.2, -0.15) is 0 Å². The van der Waals surface area contributed by atoms with Crippen molar-refractivity contribution in [3.63, 3.8) is 0 Å². The zero-order valence-electron chi connectivity index (χ0n) is 14.8. The van der Waals surface area contributed by atoms with Crippen LogP contribution >= 0.6 is 11.3 Å². The van der Waals surface area contributed by atoms with Crippen molar-refractivity contribution >= 4 is 43.0 Å². The number of rotatable bonds is 3. The molecule has 1 aromatic heterocycles. The quantitative estimate of drug-likeness (QED) is 0.475. The number of hydrogen-bond donors (Lipinski definition) is 1. The van der Waals surface area contributed by atoms with Crippen LogP contribution in [0.1, 0.15) is 10.4 Å². The van der Waals surface area contributed by atoms with Gasteiger partial charge in [-0.25, -0.2) is 13.4 Å². The van der Waals surface area contributed by atoms with E-state index in [0.717, 1.165) is 28.0 Å². The molecule has 0 unspecified atom stereocenters. The molecule has 138 valence electrons. The van der Waals surface area contributed by atoms with Crippen LogP contribution in [0.2, 0.25) is 0 Å².